The lowest BCUT2D eigenvalue weighted by Crippen LogP contribution is -2.56. The van der Waals surface area contributed by atoms with Crippen molar-refractivity contribution < 1.29 is 4.79 Å². The monoisotopic (exact) mass is 383 g/mol. The Morgan fingerprint density at radius 1 is 1.11 bits per heavy atom. The second kappa shape index (κ2) is 8.03. The molecule has 1 aromatic carbocycles. The molecule has 144 valence electrons. The fourth-order valence-electron chi connectivity index (χ4n) is 4.78. The van der Waals surface area contributed by atoms with E-state index in [2.05, 4.69) is 33.0 Å². The van der Waals surface area contributed by atoms with E-state index in [9.17, 15) is 4.79 Å². The fourth-order valence-corrected chi connectivity index (χ4v) is 5.50. The second-order valence-corrected chi connectivity index (χ2v) is 9.06. The van der Waals surface area contributed by atoms with Gasteiger partial charge in [0.2, 0.25) is 0 Å². The van der Waals surface area contributed by atoms with Crippen molar-refractivity contribution in [3.05, 3.63) is 51.7 Å². The molecule has 2 atom stereocenters. The summed E-state index contributed by atoms with van der Waals surface area (Å²) in [7, 11) is 0. The van der Waals surface area contributed by atoms with Crippen LogP contribution < -0.4 is 10.6 Å². The zero-order valence-corrected chi connectivity index (χ0v) is 17.0. The summed E-state index contributed by atoms with van der Waals surface area (Å²) >= 11 is 1.85. The molecule has 3 heterocycles. The molecule has 2 fully saturated rings. The first-order valence-electron chi connectivity index (χ1n) is 10.0. The van der Waals surface area contributed by atoms with Crippen LogP contribution in [0.2, 0.25) is 0 Å². The standard InChI is InChI=1S/C22H29N3OS/c1-15-6-3-7-16(2)21(15)24-22(26)23-17-12-18-8-4-9-19(13-17)25(18)14-20-10-5-11-27-20/h3,5-7,10-11,17-19H,4,8-9,12-14H2,1-2H3,(H2,23,24,26)/t18-,19-/m1/s1. The molecule has 2 bridgehead atoms. The average molecular weight is 384 g/mol. The number of hydrogen-bond acceptors (Lipinski definition) is 3. The lowest BCUT2D eigenvalue weighted by molar-refractivity contribution is 0.0208. The number of fused-ring (bicyclic) bond motifs is 2. The molecule has 2 saturated heterocycles. The van der Waals surface area contributed by atoms with Gasteiger partial charge in [0.05, 0.1) is 0 Å². The van der Waals surface area contributed by atoms with Crippen LogP contribution in [0.3, 0.4) is 0 Å². The summed E-state index contributed by atoms with van der Waals surface area (Å²) in [6, 6.07) is 11.9. The largest absolute Gasteiger partial charge is 0.335 e. The number of carbonyl (C=O) groups excluding carboxylic acids is 1. The minimum Gasteiger partial charge on any atom is -0.335 e. The first-order valence-corrected chi connectivity index (χ1v) is 10.9. The molecular formula is C22H29N3OS. The summed E-state index contributed by atoms with van der Waals surface area (Å²) in [6.07, 6.45) is 5.93. The van der Waals surface area contributed by atoms with Crippen molar-refractivity contribution in [1.82, 2.24) is 10.2 Å². The summed E-state index contributed by atoms with van der Waals surface area (Å²) in [5, 5.41) is 8.50. The molecule has 0 radical (unpaired) electrons. The average Bonchev–Trinajstić information content (AvgIpc) is 3.12. The third-order valence-corrected chi connectivity index (χ3v) is 6.96. The maximum absolute atomic E-state index is 12.6. The normalized spacial score (nSPS) is 25.2. The molecule has 4 nitrogen and oxygen atoms in total. The third kappa shape index (κ3) is 4.19. The summed E-state index contributed by atoms with van der Waals surface area (Å²) in [5.74, 6) is 0. The number of piperidine rings is 2. The summed E-state index contributed by atoms with van der Waals surface area (Å²) < 4.78 is 0. The minimum atomic E-state index is -0.0674. The number of benzene rings is 1. The number of carbonyl (C=O) groups is 1. The Morgan fingerprint density at radius 2 is 1.81 bits per heavy atom. The third-order valence-electron chi connectivity index (χ3n) is 6.10. The van der Waals surface area contributed by atoms with Crippen molar-refractivity contribution in [3.63, 3.8) is 0 Å². The maximum atomic E-state index is 12.6. The van der Waals surface area contributed by atoms with Gasteiger partial charge in [-0.2, -0.15) is 0 Å². The number of amides is 2. The Kier molecular flexibility index (Phi) is 5.50. The number of urea groups is 1. The van der Waals surface area contributed by atoms with Crippen LogP contribution in [0.25, 0.3) is 0 Å². The van der Waals surface area contributed by atoms with E-state index in [1.165, 1.54) is 24.1 Å². The Bertz CT molecular complexity index is 755. The summed E-state index contributed by atoms with van der Waals surface area (Å²) in [5.41, 5.74) is 3.14. The van der Waals surface area contributed by atoms with Gasteiger partial charge in [0.15, 0.2) is 0 Å². The van der Waals surface area contributed by atoms with Crippen molar-refractivity contribution in [2.24, 2.45) is 0 Å². The van der Waals surface area contributed by atoms with Crippen molar-refractivity contribution in [1.29, 1.82) is 0 Å². The van der Waals surface area contributed by atoms with Gasteiger partial charge >= 0.3 is 6.03 Å². The highest BCUT2D eigenvalue weighted by molar-refractivity contribution is 7.09. The Balaban J connectivity index is 1.38. The van der Waals surface area contributed by atoms with Gasteiger partial charge < -0.3 is 10.6 Å². The second-order valence-electron chi connectivity index (χ2n) is 8.02. The molecule has 5 heteroatoms. The minimum absolute atomic E-state index is 0.0674. The van der Waals surface area contributed by atoms with Gasteiger partial charge in [0.25, 0.3) is 0 Å². The SMILES string of the molecule is Cc1cccc(C)c1NC(=O)NC1C[C@H]2CCC[C@H](C1)N2Cc1cccs1. The van der Waals surface area contributed by atoms with Crippen molar-refractivity contribution in [2.45, 2.75) is 70.6 Å². The highest BCUT2D eigenvalue weighted by atomic mass is 32.1. The van der Waals surface area contributed by atoms with Gasteiger partial charge in [-0.15, -0.1) is 11.3 Å². The van der Waals surface area contributed by atoms with Crippen molar-refractivity contribution in [3.8, 4) is 0 Å². The highest BCUT2D eigenvalue weighted by Gasteiger charge is 2.38. The van der Waals surface area contributed by atoms with Gasteiger partial charge in [-0.05, 0) is 62.1 Å². The molecule has 0 spiro atoms. The first-order chi connectivity index (χ1) is 13.1. The molecule has 0 saturated carbocycles. The van der Waals surface area contributed by atoms with Crippen LogP contribution in [0.15, 0.2) is 35.7 Å². The number of rotatable bonds is 4. The van der Waals surface area contributed by atoms with Gasteiger partial charge in [0.1, 0.15) is 0 Å². The van der Waals surface area contributed by atoms with Gasteiger partial charge in [0, 0.05) is 35.2 Å². The van der Waals surface area contributed by atoms with E-state index in [1.807, 2.05) is 43.4 Å². The molecule has 2 aliphatic rings. The van der Waals surface area contributed by atoms with E-state index in [-0.39, 0.29) is 12.1 Å². The van der Waals surface area contributed by atoms with E-state index < -0.39 is 0 Å². The Morgan fingerprint density at radius 3 is 2.44 bits per heavy atom. The zero-order chi connectivity index (χ0) is 18.8. The summed E-state index contributed by atoms with van der Waals surface area (Å²) in [6.45, 7) is 5.14. The van der Waals surface area contributed by atoms with E-state index in [0.717, 1.165) is 36.2 Å². The van der Waals surface area contributed by atoms with Crippen LogP contribution in [0.1, 0.15) is 48.1 Å². The molecule has 2 N–H and O–H groups in total. The number of para-hydroxylation sites is 1. The number of thiophene rings is 1. The Hall–Kier alpha value is -1.85. The van der Waals surface area contributed by atoms with Crippen LogP contribution >= 0.6 is 11.3 Å². The molecular weight excluding hydrogens is 354 g/mol. The van der Waals surface area contributed by atoms with E-state index in [1.54, 1.807) is 0 Å². The quantitative estimate of drug-likeness (QED) is 0.774. The number of nitrogens with zero attached hydrogens (tertiary/aromatic N) is 1. The smallest absolute Gasteiger partial charge is 0.319 e. The molecule has 27 heavy (non-hydrogen) atoms. The molecule has 0 unspecified atom stereocenters. The predicted molar refractivity (Wildman–Crippen MR) is 112 cm³/mol. The number of aryl methyl sites for hydroxylation is 2. The van der Waals surface area contributed by atoms with Crippen LogP contribution in [-0.2, 0) is 6.54 Å². The van der Waals surface area contributed by atoms with E-state index in [4.69, 9.17) is 0 Å². The van der Waals surface area contributed by atoms with Crippen LogP contribution in [0.5, 0.6) is 0 Å². The van der Waals surface area contributed by atoms with Gasteiger partial charge in [-0.25, -0.2) is 4.79 Å². The van der Waals surface area contributed by atoms with Crippen molar-refractivity contribution in [2.75, 3.05) is 5.32 Å². The molecule has 4 rings (SSSR count). The molecule has 1 aromatic heterocycles. The van der Waals surface area contributed by atoms with Crippen LogP contribution in [0.4, 0.5) is 10.5 Å². The van der Waals surface area contributed by atoms with Gasteiger partial charge in [-0.1, -0.05) is 30.7 Å². The molecule has 2 aliphatic heterocycles. The molecule has 2 amide bonds. The number of anilines is 1. The van der Waals surface area contributed by atoms with Crippen LogP contribution in [-0.4, -0.2) is 29.1 Å². The first kappa shape index (κ1) is 18.5. The van der Waals surface area contributed by atoms with Crippen molar-refractivity contribution >= 4 is 23.1 Å². The number of hydrogen-bond donors (Lipinski definition) is 2. The lowest BCUT2D eigenvalue weighted by atomic mass is 9.81. The highest BCUT2D eigenvalue weighted by Crippen LogP contribution is 2.35. The zero-order valence-electron chi connectivity index (χ0n) is 16.2. The summed E-state index contributed by atoms with van der Waals surface area (Å²) in [4.78, 5) is 16.7. The maximum Gasteiger partial charge on any atom is 0.319 e. The number of nitrogens with one attached hydrogen (secondary N) is 2. The Labute approximate surface area is 166 Å². The van der Waals surface area contributed by atoms with E-state index >= 15 is 0 Å². The van der Waals surface area contributed by atoms with E-state index in [0.29, 0.717) is 12.1 Å². The lowest BCUT2D eigenvalue weighted by Gasteiger charge is -2.49. The molecule has 2 aromatic rings. The molecule has 0 aliphatic carbocycles. The fraction of sp³-hybridized carbons (Fsp3) is 0.500. The van der Waals surface area contributed by atoms with Crippen LogP contribution in [0, 0.1) is 13.8 Å². The topological polar surface area (TPSA) is 44.4 Å². The van der Waals surface area contributed by atoms with Gasteiger partial charge in [-0.3, -0.25) is 4.90 Å². The predicted octanol–water partition coefficient (Wildman–Crippen LogP) is 5.07.